The zero-order valence-electron chi connectivity index (χ0n) is 7.33. The molecule has 0 bridgehead atoms. The molecule has 0 radical (unpaired) electrons. The van der Waals surface area contributed by atoms with Crippen molar-refractivity contribution in [2.24, 2.45) is 0 Å². The van der Waals surface area contributed by atoms with Gasteiger partial charge in [0.05, 0.1) is 15.6 Å². The molecule has 1 rings (SSSR count). The molecule has 0 fully saturated rings. The third-order valence-electron chi connectivity index (χ3n) is 1.44. The first-order chi connectivity index (χ1) is 6.52. The van der Waals surface area contributed by atoms with Gasteiger partial charge in [-0.1, -0.05) is 29.3 Å². The molecular weight excluding hydrogens is 227 g/mol. The van der Waals surface area contributed by atoms with Crippen LogP contribution in [0, 0.1) is 0 Å². The van der Waals surface area contributed by atoms with Crippen molar-refractivity contribution in [1.82, 2.24) is 0 Å². The van der Waals surface area contributed by atoms with Crippen LogP contribution in [-0.4, -0.2) is 17.4 Å². The molecule has 1 aromatic carbocycles. The quantitative estimate of drug-likeness (QED) is 0.632. The molecule has 14 heavy (non-hydrogen) atoms. The third-order valence-corrected chi connectivity index (χ3v) is 2.07. The predicted molar refractivity (Wildman–Crippen MR) is 53.6 cm³/mol. The minimum absolute atomic E-state index is 0.0664. The molecule has 0 amide bonds. The molecule has 1 atom stereocenters. The summed E-state index contributed by atoms with van der Waals surface area (Å²) in [7, 11) is 0. The molecule has 0 aliphatic heterocycles. The van der Waals surface area contributed by atoms with Gasteiger partial charge in [-0.05, 0) is 19.1 Å². The highest BCUT2D eigenvalue weighted by Crippen LogP contribution is 2.25. The average Bonchev–Trinajstić information content (AvgIpc) is 2.01. The summed E-state index contributed by atoms with van der Waals surface area (Å²) in [4.78, 5) is 11.3. The maximum atomic E-state index is 11.3. The maximum Gasteiger partial charge on any atom is 0.343 e. The van der Waals surface area contributed by atoms with Crippen LogP contribution < -0.4 is 0 Å². The van der Waals surface area contributed by atoms with Gasteiger partial charge >= 0.3 is 5.97 Å². The lowest BCUT2D eigenvalue weighted by Crippen LogP contribution is -2.14. The minimum Gasteiger partial charge on any atom is -0.433 e. The number of aliphatic hydroxyl groups is 1. The van der Waals surface area contributed by atoms with E-state index in [9.17, 15) is 4.79 Å². The van der Waals surface area contributed by atoms with E-state index in [-0.39, 0.29) is 15.6 Å². The lowest BCUT2D eigenvalue weighted by atomic mass is 10.2. The zero-order valence-corrected chi connectivity index (χ0v) is 8.84. The summed E-state index contributed by atoms with van der Waals surface area (Å²) in [5.41, 5.74) is 0.0664. The first kappa shape index (κ1) is 11.3. The van der Waals surface area contributed by atoms with Crippen LogP contribution in [0.2, 0.25) is 10.0 Å². The van der Waals surface area contributed by atoms with Crippen LogP contribution in [0.4, 0.5) is 0 Å². The van der Waals surface area contributed by atoms with E-state index in [4.69, 9.17) is 28.3 Å². The number of ether oxygens (including phenoxy) is 1. The Morgan fingerprint density at radius 1 is 1.43 bits per heavy atom. The monoisotopic (exact) mass is 234 g/mol. The molecule has 1 N–H and O–H groups in total. The van der Waals surface area contributed by atoms with Crippen LogP contribution in [0.1, 0.15) is 17.3 Å². The third kappa shape index (κ3) is 2.61. The largest absolute Gasteiger partial charge is 0.433 e. The highest BCUT2D eigenvalue weighted by atomic mass is 35.5. The number of rotatable bonds is 2. The summed E-state index contributed by atoms with van der Waals surface area (Å²) in [6.07, 6.45) is -1.19. The second kappa shape index (κ2) is 4.64. The summed E-state index contributed by atoms with van der Waals surface area (Å²) in [5, 5.41) is 9.23. The fourth-order valence-electron chi connectivity index (χ4n) is 0.907. The smallest absolute Gasteiger partial charge is 0.343 e. The summed E-state index contributed by atoms with van der Waals surface area (Å²) in [6.45, 7) is 1.32. The number of hydrogen-bond donors (Lipinski definition) is 1. The van der Waals surface area contributed by atoms with E-state index in [1.807, 2.05) is 0 Å². The summed E-state index contributed by atoms with van der Waals surface area (Å²) >= 11 is 11.5. The van der Waals surface area contributed by atoms with Gasteiger partial charge in [-0.2, -0.15) is 0 Å². The second-order valence-electron chi connectivity index (χ2n) is 2.60. The van der Waals surface area contributed by atoms with Gasteiger partial charge < -0.3 is 9.84 Å². The van der Waals surface area contributed by atoms with E-state index in [0.29, 0.717) is 0 Å². The minimum atomic E-state index is -1.19. The van der Waals surface area contributed by atoms with Gasteiger partial charge in [0.1, 0.15) is 0 Å². The Kier molecular flexibility index (Phi) is 3.75. The van der Waals surface area contributed by atoms with Crippen LogP contribution >= 0.6 is 23.2 Å². The standard InChI is InChI=1S/C9H8Cl2O3/c1-5(12)14-9(13)8-6(10)3-2-4-7(8)11/h2-5,12H,1H3. The molecule has 0 saturated heterocycles. The molecule has 0 aliphatic carbocycles. The molecule has 0 aliphatic rings. The first-order valence-corrected chi connectivity index (χ1v) is 4.61. The highest BCUT2D eigenvalue weighted by molar-refractivity contribution is 6.39. The number of carbonyl (C=O) groups is 1. The zero-order chi connectivity index (χ0) is 10.7. The van der Waals surface area contributed by atoms with Crippen molar-refractivity contribution in [1.29, 1.82) is 0 Å². The van der Waals surface area contributed by atoms with Crippen molar-refractivity contribution in [3.63, 3.8) is 0 Å². The second-order valence-corrected chi connectivity index (χ2v) is 3.42. The van der Waals surface area contributed by atoms with Gasteiger partial charge in [0.15, 0.2) is 6.29 Å². The number of halogens is 2. The van der Waals surface area contributed by atoms with E-state index in [2.05, 4.69) is 4.74 Å². The van der Waals surface area contributed by atoms with Crippen LogP contribution in [0.15, 0.2) is 18.2 Å². The van der Waals surface area contributed by atoms with Crippen molar-refractivity contribution in [3.8, 4) is 0 Å². The summed E-state index contributed by atoms with van der Waals surface area (Å²) in [6, 6.07) is 4.65. The Balaban J connectivity index is 3.00. The molecule has 0 spiro atoms. The van der Waals surface area contributed by atoms with Gasteiger partial charge in [-0.3, -0.25) is 0 Å². The number of aliphatic hydroxyl groups excluding tert-OH is 1. The Labute approximate surface area is 91.2 Å². The molecule has 0 heterocycles. The molecule has 3 nitrogen and oxygen atoms in total. The van der Waals surface area contributed by atoms with Gasteiger partial charge in [0, 0.05) is 0 Å². The number of hydrogen-bond acceptors (Lipinski definition) is 3. The fourth-order valence-corrected chi connectivity index (χ4v) is 1.46. The van der Waals surface area contributed by atoms with Crippen LogP contribution in [0.3, 0.4) is 0 Å². The van der Waals surface area contributed by atoms with Crippen LogP contribution in [-0.2, 0) is 4.74 Å². The number of carbonyl (C=O) groups excluding carboxylic acids is 1. The van der Waals surface area contributed by atoms with Crippen molar-refractivity contribution in [2.75, 3.05) is 0 Å². The number of esters is 1. The molecule has 1 aromatic rings. The van der Waals surface area contributed by atoms with E-state index in [1.165, 1.54) is 19.1 Å². The lowest BCUT2D eigenvalue weighted by molar-refractivity contribution is -0.0522. The van der Waals surface area contributed by atoms with Gasteiger partial charge in [0.25, 0.3) is 0 Å². The molecule has 5 heteroatoms. The van der Waals surface area contributed by atoms with Gasteiger partial charge in [0.2, 0.25) is 0 Å². The maximum absolute atomic E-state index is 11.3. The molecule has 76 valence electrons. The molecule has 1 unspecified atom stereocenters. The molecule has 0 saturated carbocycles. The average molecular weight is 235 g/mol. The van der Waals surface area contributed by atoms with Crippen molar-refractivity contribution >= 4 is 29.2 Å². The van der Waals surface area contributed by atoms with E-state index in [0.717, 1.165) is 0 Å². The Hall–Kier alpha value is -0.770. The lowest BCUT2D eigenvalue weighted by Gasteiger charge is -2.08. The van der Waals surface area contributed by atoms with Crippen LogP contribution in [0.25, 0.3) is 0 Å². The van der Waals surface area contributed by atoms with Gasteiger partial charge in [-0.25, -0.2) is 4.79 Å². The topological polar surface area (TPSA) is 46.5 Å². The first-order valence-electron chi connectivity index (χ1n) is 3.85. The SMILES string of the molecule is CC(O)OC(=O)c1c(Cl)cccc1Cl. The predicted octanol–water partition coefficient (Wildman–Crippen LogP) is 2.49. The van der Waals surface area contributed by atoms with E-state index >= 15 is 0 Å². The highest BCUT2D eigenvalue weighted by Gasteiger charge is 2.17. The van der Waals surface area contributed by atoms with Crippen LogP contribution in [0.5, 0.6) is 0 Å². The normalized spacial score (nSPS) is 12.3. The van der Waals surface area contributed by atoms with Crippen molar-refractivity contribution in [3.05, 3.63) is 33.8 Å². The van der Waals surface area contributed by atoms with Crippen molar-refractivity contribution in [2.45, 2.75) is 13.2 Å². The Morgan fingerprint density at radius 2 is 1.93 bits per heavy atom. The Bertz CT molecular complexity index is 330. The van der Waals surface area contributed by atoms with E-state index in [1.54, 1.807) is 6.07 Å². The molecular formula is C9H8Cl2O3. The summed E-state index contributed by atoms with van der Waals surface area (Å²) < 4.78 is 4.55. The van der Waals surface area contributed by atoms with E-state index < -0.39 is 12.3 Å². The fraction of sp³-hybridized carbons (Fsp3) is 0.222. The molecule has 0 aromatic heterocycles. The summed E-state index contributed by atoms with van der Waals surface area (Å²) in [5.74, 6) is -0.740. The van der Waals surface area contributed by atoms with Gasteiger partial charge in [-0.15, -0.1) is 0 Å². The number of benzene rings is 1. The Morgan fingerprint density at radius 3 is 2.36 bits per heavy atom. The van der Waals surface area contributed by atoms with Crippen molar-refractivity contribution < 1.29 is 14.6 Å².